The maximum absolute atomic E-state index is 12.6. The molecule has 0 aromatic rings. The molecule has 0 aliphatic carbocycles. The van der Waals surface area contributed by atoms with Crippen molar-refractivity contribution in [1.29, 1.82) is 0 Å². The monoisotopic (exact) mass is 831 g/mol. The van der Waals surface area contributed by atoms with Crippen LogP contribution in [0.3, 0.4) is 0 Å². The Balaban J connectivity index is 4.15. The van der Waals surface area contributed by atoms with Crippen LogP contribution in [-0.2, 0) is 32.7 Å². The molecule has 336 valence electrons. The fourth-order valence-corrected chi connectivity index (χ4v) is 7.24. The van der Waals surface area contributed by atoms with Gasteiger partial charge in [0.05, 0.1) is 19.8 Å². The molecule has 0 fully saturated rings. The molecule has 0 aliphatic heterocycles. The molecule has 0 aromatic carbocycles. The molecule has 3 N–H and O–H groups in total. The van der Waals surface area contributed by atoms with E-state index in [1.807, 2.05) is 0 Å². The predicted octanol–water partition coefficient (Wildman–Crippen LogP) is 12.6. The molecule has 57 heavy (non-hydrogen) atoms. The van der Waals surface area contributed by atoms with Gasteiger partial charge < -0.3 is 24.6 Å². The molecule has 10 nitrogen and oxygen atoms in total. The molecule has 0 aliphatic rings. The van der Waals surface area contributed by atoms with Crippen molar-refractivity contribution in [2.45, 2.75) is 232 Å². The lowest BCUT2D eigenvalue weighted by Gasteiger charge is -2.20. The number of unbranched alkanes of at least 4 members (excludes halogenated alkanes) is 26. The van der Waals surface area contributed by atoms with Crippen molar-refractivity contribution < 1.29 is 47.8 Å². The Hall–Kier alpha value is -1.55. The van der Waals surface area contributed by atoms with E-state index in [4.69, 9.17) is 19.1 Å². The summed E-state index contributed by atoms with van der Waals surface area (Å²) < 4.78 is 32.7. The van der Waals surface area contributed by atoms with E-state index in [-0.39, 0.29) is 19.4 Å². The summed E-state index contributed by atoms with van der Waals surface area (Å²) in [6, 6.07) is 0. The molecule has 0 rings (SSSR count). The van der Waals surface area contributed by atoms with E-state index >= 15 is 0 Å². The fourth-order valence-electron chi connectivity index (χ4n) is 6.45. The lowest BCUT2D eigenvalue weighted by atomic mass is 10.0. The van der Waals surface area contributed by atoms with Gasteiger partial charge in [-0.25, -0.2) is 4.57 Å². The minimum absolute atomic E-state index is 0.170. The van der Waals surface area contributed by atoms with Crippen molar-refractivity contribution in [1.82, 2.24) is 0 Å². The van der Waals surface area contributed by atoms with Gasteiger partial charge in [-0.2, -0.15) is 0 Å². The molecule has 11 heteroatoms. The number of esters is 2. The molecular formula is C46H87O10P. The highest BCUT2D eigenvalue weighted by Gasteiger charge is 2.27. The first-order chi connectivity index (χ1) is 27.7. The van der Waals surface area contributed by atoms with Crippen LogP contribution < -0.4 is 0 Å². The van der Waals surface area contributed by atoms with Crippen molar-refractivity contribution in [3.63, 3.8) is 0 Å². The van der Waals surface area contributed by atoms with Gasteiger partial charge in [0, 0.05) is 12.8 Å². The van der Waals surface area contributed by atoms with E-state index in [0.717, 1.165) is 51.4 Å². The highest BCUT2D eigenvalue weighted by Crippen LogP contribution is 2.43. The average Bonchev–Trinajstić information content (AvgIpc) is 3.20. The topological polar surface area (TPSA) is 149 Å². The van der Waals surface area contributed by atoms with Gasteiger partial charge in [-0.15, -0.1) is 0 Å². The highest BCUT2D eigenvalue weighted by molar-refractivity contribution is 7.47. The van der Waals surface area contributed by atoms with Gasteiger partial charge in [0.15, 0.2) is 6.10 Å². The third-order valence-corrected chi connectivity index (χ3v) is 11.0. The maximum atomic E-state index is 12.6. The zero-order valence-corrected chi connectivity index (χ0v) is 37.5. The van der Waals surface area contributed by atoms with Gasteiger partial charge in [0.1, 0.15) is 12.7 Å². The summed E-state index contributed by atoms with van der Waals surface area (Å²) >= 11 is 0. The Labute approximate surface area is 348 Å². The fraction of sp³-hybridized carbons (Fsp3) is 0.870. The summed E-state index contributed by atoms with van der Waals surface area (Å²) in [5, 5.41) is 18.3. The number of ether oxygens (including phenoxy) is 2. The largest absolute Gasteiger partial charge is 0.472 e. The lowest BCUT2D eigenvalue weighted by Crippen LogP contribution is -2.29. The number of aliphatic hydroxyl groups is 2. The summed E-state index contributed by atoms with van der Waals surface area (Å²) in [4.78, 5) is 34.9. The van der Waals surface area contributed by atoms with E-state index in [2.05, 4.69) is 42.7 Å². The van der Waals surface area contributed by atoms with Crippen molar-refractivity contribution in [2.75, 3.05) is 26.4 Å². The predicted molar refractivity (Wildman–Crippen MR) is 233 cm³/mol. The van der Waals surface area contributed by atoms with Crippen LogP contribution in [-0.4, -0.2) is 65.7 Å². The molecular weight excluding hydrogens is 743 g/mol. The molecule has 0 heterocycles. The minimum atomic E-state index is -4.62. The van der Waals surface area contributed by atoms with Crippen molar-refractivity contribution in [2.24, 2.45) is 0 Å². The number of allylic oxidation sites excluding steroid dienone is 4. The van der Waals surface area contributed by atoms with Crippen molar-refractivity contribution >= 4 is 19.8 Å². The summed E-state index contributed by atoms with van der Waals surface area (Å²) in [7, 11) is -4.62. The van der Waals surface area contributed by atoms with Gasteiger partial charge in [0.25, 0.3) is 0 Å². The Kier molecular flexibility index (Phi) is 41.4. The van der Waals surface area contributed by atoms with Crippen LogP contribution >= 0.6 is 7.82 Å². The van der Waals surface area contributed by atoms with E-state index in [1.165, 1.54) is 128 Å². The molecule has 3 atom stereocenters. The van der Waals surface area contributed by atoms with Crippen LogP contribution in [0.4, 0.5) is 0 Å². The van der Waals surface area contributed by atoms with Crippen LogP contribution in [0, 0.1) is 0 Å². The van der Waals surface area contributed by atoms with Gasteiger partial charge in [0.2, 0.25) is 0 Å². The van der Waals surface area contributed by atoms with Gasteiger partial charge in [-0.05, 0) is 51.4 Å². The minimum Gasteiger partial charge on any atom is -0.462 e. The Bertz CT molecular complexity index is 1000. The first-order valence-corrected chi connectivity index (χ1v) is 24.8. The summed E-state index contributed by atoms with van der Waals surface area (Å²) in [5.74, 6) is -0.967. The number of rotatable bonds is 44. The second-order valence-electron chi connectivity index (χ2n) is 15.8. The molecule has 0 aromatic heterocycles. The zero-order chi connectivity index (χ0) is 41.9. The van der Waals surface area contributed by atoms with Crippen LogP contribution in [0.2, 0.25) is 0 Å². The molecule has 0 amide bonds. The van der Waals surface area contributed by atoms with Crippen LogP contribution in [0.5, 0.6) is 0 Å². The lowest BCUT2D eigenvalue weighted by molar-refractivity contribution is -0.161. The molecule has 0 saturated carbocycles. The SMILES string of the molecule is CCCC/C=C/CCCCCCCC(=O)O[C@@H](COC(=O)CCC/C=C/CCCCCCCCCCCCCCCCCCCC)COP(=O)(O)OC[C@H](O)CO. The Morgan fingerprint density at radius 3 is 1.37 bits per heavy atom. The van der Waals surface area contributed by atoms with Crippen molar-refractivity contribution in [3.05, 3.63) is 24.3 Å². The first kappa shape index (κ1) is 55.5. The van der Waals surface area contributed by atoms with E-state index in [1.54, 1.807) is 0 Å². The Morgan fingerprint density at radius 1 is 0.509 bits per heavy atom. The Morgan fingerprint density at radius 2 is 0.895 bits per heavy atom. The van der Waals surface area contributed by atoms with Crippen LogP contribution in [0.15, 0.2) is 24.3 Å². The van der Waals surface area contributed by atoms with E-state index < -0.39 is 51.8 Å². The highest BCUT2D eigenvalue weighted by atomic mass is 31.2. The summed E-state index contributed by atoms with van der Waals surface area (Å²) in [6.45, 7) is 2.32. The summed E-state index contributed by atoms with van der Waals surface area (Å²) in [5.41, 5.74) is 0. The van der Waals surface area contributed by atoms with E-state index in [9.17, 15) is 24.2 Å². The normalized spacial score (nSPS) is 14.0. The van der Waals surface area contributed by atoms with Gasteiger partial charge >= 0.3 is 19.8 Å². The molecule has 0 spiro atoms. The third kappa shape index (κ3) is 42.4. The van der Waals surface area contributed by atoms with Gasteiger partial charge in [-0.3, -0.25) is 18.6 Å². The number of aliphatic hydroxyl groups excluding tert-OH is 2. The number of carbonyl (C=O) groups is 2. The second kappa shape index (κ2) is 42.6. The molecule has 0 saturated heterocycles. The standard InChI is InChI=1S/C46H87O10P/c1-3-5-7-9-11-13-15-16-17-18-19-20-21-22-23-24-25-26-28-29-31-33-35-37-45(49)53-41-44(42-55-57(51,52)54-40-43(48)39-47)56-46(50)38-36-34-32-30-27-14-12-10-8-6-4-2/h10,12,29,31,43-44,47-48H,3-9,11,13-28,30,32-42H2,1-2H3,(H,51,52)/b12-10+,31-29+/t43-,44+/m1/s1. The maximum Gasteiger partial charge on any atom is 0.472 e. The molecule has 0 radical (unpaired) electrons. The number of phosphoric ester groups is 1. The third-order valence-electron chi connectivity index (χ3n) is 10.1. The van der Waals surface area contributed by atoms with Crippen molar-refractivity contribution in [3.8, 4) is 0 Å². The molecule has 1 unspecified atom stereocenters. The van der Waals surface area contributed by atoms with Crippen LogP contribution in [0.25, 0.3) is 0 Å². The number of hydrogen-bond donors (Lipinski definition) is 3. The first-order valence-electron chi connectivity index (χ1n) is 23.3. The number of phosphoric acid groups is 1. The summed E-state index contributed by atoms with van der Waals surface area (Å²) in [6.07, 6.45) is 43.2. The smallest absolute Gasteiger partial charge is 0.462 e. The second-order valence-corrected chi connectivity index (χ2v) is 17.2. The van der Waals surface area contributed by atoms with Gasteiger partial charge in [-0.1, -0.05) is 179 Å². The molecule has 0 bridgehead atoms. The quantitative estimate of drug-likeness (QED) is 0.0234. The number of hydrogen-bond acceptors (Lipinski definition) is 9. The number of carbonyl (C=O) groups excluding carboxylic acids is 2. The van der Waals surface area contributed by atoms with E-state index in [0.29, 0.717) is 12.8 Å². The van der Waals surface area contributed by atoms with Crippen LogP contribution in [0.1, 0.15) is 219 Å². The zero-order valence-electron chi connectivity index (χ0n) is 36.6. The average molecular weight is 831 g/mol.